The summed E-state index contributed by atoms with van der Waals surface area (Å²) in [5.74, 6) is -0.454. The van der Waals surface area contributed by atoms with E-state index in [4.69, 9.17) is 13.1 Å². The fraction of sp³-hybridized carbons (Fsp3) is 0.0588. The third-order valence-electron chi connectivity index (χ3n) is 7.19. The number of allylic oxidation sites excluding steroid dienone is 4. The molecule has 0 bridgehead atoms. The Morgan fingerprint density at radius 1 is 0.619 bits per heavy atom. The van der Waals surface area contributed by atoms with Gasteiger partial charge in [-0.15, -0.1) is 22.7 Å². The van der Waals surface area contributed by atoms with Crippen molar-refractivity contribution in [2.75, 3.05) is 0 Å². The minimum absolute atomic E-state index is 0.130. The smallest absolute Gasteiger partial charge is 0.270 e. The van der Waals surface area contributed by atoms with E-state index in [0.717, 1.165) is 20.2 Å². The summed E-state index contributed by atoms with van der Waals surface area (Å²) in [7, 11) is 0. The standard InChI is InChI=1S/C34H16N4O2S2/c1-17-5-7-19-21(13-17)29(23(15-35)37-3)31(33(19)39)27-11-9-25(41-27)26-10-12-28(42-26)32-30(24(16-36)38-4)22-14-18(2)6-8-20(22)34(32)40/h5-14H,1-2H3/b26-25+,29-23-,30-24+,31-27+,32-28+. The molecule has 2 aliphatic carbocycles. The molecule has 0 aliphatic heterocycles. The number of rotatable bonds is 0. The van der Waals surface area contributed by atoms with Gasteiger partial charge in [0, 0.05) is 51.5 Å². The molecule has 0 atom stereocenters. The number of aryl methyl sites for hydroxylation is 2. The minimum Gasteiger partial charge on any atom is -0.289 e. The molecule has 6 rings (SSSR count). The van der Waals surface area contributed by atoms with E-state index in [9.17, 15) is 20.1 Å². The summed E-state index contributed by atoms with van der Waals surface area (Å²) < 4.78 is 2.95. The van der Waals surface area contributed by atoms with Crippen LogP contribution in [0.5, 0.6) is 0 Å². The third kappa shape index (κ3) is 3.95. The van der Waals surface area contributed by atoms with Crippen molar-refractivity contribution in [2.45, 2.75) is 13.8 Å². The molecule has 0 spiro atoms. The second-order valence-electron chi connectivity index (χ2n) is 9.73. The zero-order valence-electron chi connectivity index (χ0n) is 22.2. The van der Waals surface area contributed by atoms with E-state index in [1.54, 1.807) is 12.1 Å². The predicted molar refractivity (Wildman–Crippen MR) is 162 cm³/mol. The van der Waals surface area contributed by atoms with E-state index >= 15 is 0 Å². The molecule has 2 aromatic heterocycles. The Morgan fingerprint density at radius 3 is 1.36 bits per heavy atom. The Morgan fingerprint density at radius 2 is 1.00 bits per heavy atom. The van der Waals surface area contributed by atoms with Crippen molar-refractivity contribution in [3.63, 3.8) is 0 Å². The Balaban J connectivity index is 1.63. The van der Waals surface area contributed by atoms with Crippen LogP contribution in [-0.4, -0.2) is 11.6 Å². The first-order chi connectivity index (χ1) is 20.3. The van der Waals surface area contributed by atoms with Crippen LogP contribution in [0.1, 0.15) is 43.0 Å². The molecule has 2 aliphatic rings. The van der Waals surface area contributed by atoms with Gasteiger partial charge in [0.25, 0.3) is 11.4 Å². The van der Waals surface area contributed by atoms with Crippen molar-refractivity contribution < 1.29 is 9.59 Å². The largest absolute Gasteiger partial charge is 0.289 e. The van der Waals surface area contributed by atoms with Gasteiger partial charge >= 0.3 is 0 Å². The fourth-order valence-corrected chi connectivity index (χ4v) is 7.54. The first-order valence-corrected chi connectivity index (χ1v) is 14.2. The molecule has 0 amide bonds. The van der Waals surface area contributed by atoms with Crippen molar-refractivity contribution in [1.29, 1.82) is 10.5 Å². The highest BCUT2D eigenvalue weighted by molar-refractivity contribution is 7.12. The van der Waals surface area contributed by atoms with Gasteiger partial charge in [0.1, 0.15) is 0 Å². The number of fused-ring (bicyclic) bond motifs is 2. The van der Waals surface area contributed by atoms with Crippen LogP contribution in [0.3, 0.4) is 0 Å². The van der Waals surface area contributed by atoms with Crippen molar-refractivity contribution in [1.82, 2.24) is 0 Å². The van der Waals surface area contributed by atoms with Crippen molar-refractivity contribution in [3.8, 4) is 12.1 Å². The van der Waals surface area contributed by atoms with Crippen molar-refractivity contribution in [2.24, 2.45) is 0 Å². The van der Waals surface area contributed by atoms with Crippen LogP contribution in [0, 0.1) is 58.7 Å². The number of hydrogen-bond acceptors (Lipinski definition) is 6. The maximum absolute atomic E-state index is 13.5. The van der Waals surface area contributed by atoms with E-state index in [2.05, 4.69) is 9.69 Å². The Kier molecular flexibility index (Phi) is 6.38. The van der Waals surface area contributed by atoms with E-state index < -0.39 is 0 Å². The number of carbonyl (C=O) groups is 2. The molecule has 196 valence electrons. The molecule has 2 aromatic carbocycles. The van der Waals surface area contributed by atoms with E-state index in [1.165, 1.54) is 22.7 Å². The molecule has 0 saturated heterocycles. The average molecular weight is 577 g/mol. The van der Waals surface area contributed by atoms with Crippen LogP contribution in [0.2, 0.25) is 0 Å². The summed E-state index contributed by atoms with van der Waals surface area (Å²) in [5, 5.41) is 19.4. The number of thiophene rings is 2. The molecular formula is C34H16N4O2S2. The molecule has 0 radical (unpaired) electrons. The van der Waals surface area contributed by atoms with Crippen LogP contribution in [0.15, 0.2) is 72.1 Å². The van der Waals surface area contributed by atoms with E-state index in [1.807, 2.05) is 74.5 Å². The van der Waals surface area contributed by atoms with Crippen LogP contribution < -0.4 is 9.06 Å². The first kappa shape index (κ1) is 26.6. The maximum atomic E-state index is 13.5. The average Bonchev–Trinajstić information content (AvgIpc) is 3.76. The Labute approximate surface area is 248 Å². The Bertz CT molecular complexity index is 2210. The van der Waals surface area contributed by atoms with Gasteiger partial charge in [-0.2, -0.15) is 0 Å². The van der Waals surface area contributed by atoms with E-state index in [-0.39, 0.29) is 23.0 Å². The summed E-state index contributed by atoms with van der Waals surface area (Å²) in [4.78, 5) is 33.9. The maximum Gasteiger partial charge on any atom is 0.270 e. The predicted octanol–water partition coefficient (Wildman–Crippen LogP) is 6.12. The molecule has 4 aromatic rings. The van der Waals surface area contributed by atoms with Crippen LogP contribution in [0.25, 0.3) is 32.0 Å². The van der Waals surface area contributed by atoms with Crippen LogP contribution >= 0.6 is 22.7 Å². The number of nitrogens with zero attached hydrogens (tertiary/aromatic N) is 4. The number of hydrogen-bond donors (Lipinski definition) is 0. The lowest BCUT2D eigenvalue weighted by Gasteiger charge is -2.02. The summed E-state index contributed by atoms with van der Waals surface area (Å²) in [5.41, 5.74) is 5.08. The zero-order valence-corrected chi connectivity index (χ0v) is 23.8. The van der Waals surface area contributed by atoms with Gasteiger partial charge in [0.2, 0.25) is 0 Å². The lowest BCUT2D eigenvalue weighted by molar-refractivity contribution is 0.105. The van der Waals surface area contributed by atoms with Crippen molar-refractivity contribution in [3.05, 3.63) is 146 Å². The third-order valence-corrected chi connectivity index (χ3v) is 9.59. The normalized spacial score (nSPS) is 19.3. The number of benzene rings is 2. The highest BCUT2D eigenvalue weighted by Crippen LogP contribution is 2.41. The number of Topliss-reactive ketones (excluding diaryl/α,β-unsaturated/α-hetero) is 2. The van der Waals surface area contributed by atoms with Gasteiger partial charge in [0.05, 0.1) is 25.3 Å². The number of carbonyl (C=O) groups excluding carboxylic acids is 2. The van der Waals surface area contributed by atoms with Crippen LogP contribution in [0.4, 0.5) is 0 Å². The topological polar surface area (TPSA) is 90.4 Å². The molecule has 0 saturated carbocycles. The van der Waals surface area contributed by atoms with Gasteiger partial charge < -0.3 is 0 Å². The monoisotopic (exact) mass is 576 g/mol. The number of ketones is 2. The van der Waals surface area contributed by atoms with Gasteiger partial charge in [-0.3, -0.25) is 9.59 Å². The first-order valence-electron chi connectivity index (χ1n) is 12.6. The molecule has 8 heteroatoms. The summed E-state index contributed by atoms with van der Waals surface area (Å²) in [6.07, 6.45) is 0. The molecule has 0 N–H and O–H groups in total. The molecule has 42 heavy (non-hydrogen) atoms. The van der Waals surface area contributed by atoms with Gasteiger partial charge in [-0.05, 0) is 49.2 Å². The van der Waals surface area contributed by atoms with Gasteiger partial charge in [-0.1, -0.05) is 47.5 Å². The van der Waals surface area contributed by atoms with Gasteiger partial charge in [-0.25, -0.2) is 20.2 Å². The molecule has 6 nitrogen and oxygen atoms in total. The van der Waals surface area contributed by atoms with Crippen LogP contribution in [-0.2, 0) is 0 Å². The fourth-order valence-electron chi connectivity index (χ4n) is 5.34. The highest BCUT2D eigenvalue weighted by atomic mass is 32.1. The second-order valence-corrected chi connectivity index (χ2v) is 11.9. The molecule has 0 fully saturated rings. The summed E-state index contributed by atoms with van der Waals surface area (Å²) >= 11 is 2.73. The second kappa shape index (κ2) is 10.1. The van der Waals surface area contributed by atoms with Crippen molar-refractivity contribution >= 4 is 56.5 Å². The lowest BCUT2D eigenvalue weighted by atomic mass is 10.0. The molecule has 2 heterocycles. The zero-order chi connectivity index (χ0) is 29.7. The minimum atomic E-state index is -0.227. The van der Waals surface area contributed by atoms with Gasteiger partial charge in [0.15, 0.2) is 11.6 Å². The summed E-state index contributed by atoms with van der Waals surface area (Å²) in [6.45, 7) is 18.9. The number of nitriles is 2. The molecule has 0 unspecified atom stereocenters. The molecular weight excluding hydrogens is 561 g/mol. The lowest BCUT2D eigenvalue weighted by Crippen LogP contribution is -2.06. The Hall–Kier alpha value is -5.64. The van der Waals surface area contributed by atoms with E-state index in [0.29, 0.717) is 53.6 Å². The SMILES string of the molecule is [C-]#[N+]/C(C#N)=C1\C(=c2\cc/c(=c3/cc/c(=C4\C(=O)c5ccc(C)cc5\C4=C(\C#N)[N+]#[C-])s3)s2)C(=O)c2ccc(C)cc21. The summed E-state index contributed by atoms with van der Waals surface area (Å²) in [6, 6.07) is 22.1. The highest BCUT2D eigenvalue weighted by Gasteiger charge is 2.34. The quantitative estimate of drug-likeness (QED) is 0.186.